The van der Waals surface area contributed by atoms with Crippen molar-refractivity contribution in [2.24, 2.45) is 0 Å². The van der Waals surface area contributed by atoms with E-state index in [1.807, 2.05) is 0 Å². The summed E-state index contributed by atoms with van der Waals surface area (Å²) in [4.78, 5) is 13.0. The first kappa shape index (κ1) is 59.9. The maximum atomic E-state index is 13.0. The highest BCUT2D eigenvalue weighted by Gasteiger charge is 2.47. The number of esters is 1. The van der Waals surface area contributed by atoms with Gasteiger partial charge in [0.1, 0.15) is 54.9 Å². The Morgan fingerprint density at radius 1 is 0.492 bits per heavy atom. The summed E-state index contributed by atoms with van der Waals surface area (Å²) in [5.41, 5.74) is 0. The van der Waals surface area contributed by atoms with Gasteiger partial charge in [-0.1, -0.05) is 174 Å². The van der Waals surface area contributed by atoms with Gasteiger partial charge in [-0.2, -0.15) is 0 Å². The third-order valence-corrected chi connectivity index (χ3v) is 12.8. The number of aliphatic hydroxyl groups excluding tert-OH is 7. The second-order valence-electron chi connectivity index (χ2n) is 18.7. The Morgan fingerprint density at radius 3 is 1.40 bits per heavy atom. The highest BCUT2D eigenvalue weighted by atomic mass is 16.7. The molecular weight excluding hydrogens is 837 g/mol. The van der Waals surface area contributed by atoms with E-state index in [0.29, 0.717) is 13.0 Å². The smallest absolute Gasteiger partial charge is 0.306 e. The van der Waals surface area contributed by atoms with Crippen molar-refractivity contribution in [2.75, 3.05) is 33.0 Å². The topological polar surface area (TPSA) is 214 Å². The van der Waals surface area contributed by atoms with Gasteiger partial charge in [0.05, 0.1) is 26.4 Å². The summed E-state index contributed by atoms with van der Waals surface area (Å²) >= 11 is 0. The lowest BCUT2D eigenvalue weighted by atomic mass is 9.98. The van der Waals surface area contributed by atoms with E-state index in [1.165, 1.54) is 141 Å². The molecule has 2 heterocycles. The van der Waals surface area contributed by atoms with Crippen LogP contribution < -0.4 is 0 Å². The molecule has 0 amide bonds. The predicted molar refractivity (Wildman–Crippen MR) is 252 cm³/mol. The zero-order chi connectivity index (χ0) is 47.3. The number of aliphatic hydroxyl groups is 7. The molecule has 384 valence electrons. The molecule has 7 N–H and O–H groups in total. The van der Waals surface area contributed by atoms with Crippen molar-refractivity contribution in [1.29, 1.82) is 0 Å². The second kappa shape index (κ2) is 39.6. The Bertz CT molecular complexity index is 1130. The third kappa shape index (κ3) is 27.5. The van der Waals surface area contributed by atoms with Crippen LogP contribution in [0.3, 0.4) is 0 Å². The highest BCUT2D eigenvalue weighted by molar-refractivity contribution is 5.69. The SMILES string of the molecule is CCCCCCCCCC/C=C\CCCCCCCCCCCCCC(=O)OC(COCCCCCCCCCC)COC1OC(COC2OC(CO)C(O)C(O)C2O)C(O)C(O)C1O. The van der Waals surface area contributed by atoms with Crippen LogP contribution in [0.1, 0.15) is 206 Å². The lowest BCUT2D eigenvalue weighted by Crippen LogP contribution is -2.61. The fourth-order valence-electron chi connectivity index (χ4n) is 8.46. The molecule has 0 aromatic rings. The molecular formula is C51H96O14. The Morgan fingerprint density at radius 2 is 0.908 bits per heavy atom. The zero-order valence-corrected chi connectivity index (χ0v) is 40.7. The fraction of sp³-hybridized carbons (Fsp3) is 0.941. The second-order valence-corrected chi connectivity index (χ2v) is 18.7. The maximum Gasteiger partial charge on any atom is 0.306 e. The van der Waals surface area contributed by atoms with Gasteiger partial charge < -0.3 is 64.2 Å². The minimum atomic E-state index is -1.70. The van der Waals surface area contributed by atoms with Crippen LogP contribution in [0.2, 0.25) is 0 Å². The van der Waals surface area contributed by atoms with Gasteiger partial charge >= 0.3 is 5.97 Å². The monoisotopic (exact) mass is 933 g/mol. The van der Waals surface area contributed by atoms with Gasteiger partial charge in [0.2, 0.25) is 0 Å². The lowest BCUT2D eigenvalue weighted by Gasteiger charge is -2.42. The van der Waals surface area contributed by atoms with Crippen LogP contribution in [0.15, 0.2) is 12.2 Å². The number of allylic oxidation sites excluding steroid dienone is 2. The van der Waals surface area contributed by atoms with Crippen LogP contribution in [0, 0.1) is 0 Å². The van der Waals surface area contributed by atoms with E-state index in [-0.39, 0.29) is 25.6 Å². The van der Waals surface area contributed by atoms with E-state index in [4.69, 9.17) is 28.4 Å². The predicted octanol–water partition coefficient (Wildman–Crippen LogP) is 7.85. The maximum absolute atomic E-state index is 13.0. The Hall–Kier alpha value is -1.27. The third-order valence-electron chi connectivity index (χ3n) is 12.8. The number of hydrogen-bond donors (Lipinski definition) is 7. The summed E-state index contributed by atoms with van der Waals surface area (Å²) < 4.78 is 34.2. The van der Waals surface area contributed by atoms with E-state index in [2.05, 4.69) is 26.0 Å². The summed E-state index contributed by atoms with van der Waals surface area (Å²) in [6.07, 6.45) is 24.4. The van der Waals surface area contributed by atoms with Gasteiger partial charge in [-0.05, 0) is 38.5 Å². The molecule has 0 spiro atoms. The van der Waals surface area contributed by atoms with Gasteiger partial charge in [-0.15, -0.1) is 0 Å². The summed E-state index contributed by atoms with van der Waals surface area (Å²) in [5, 5.41) is 72.0. The Kier molecular flexibility index (Phi) is 36.4. The molecule has 65 heavy (non-hydrogen) atoms. The quantitative estimate of drug-likeness (QED) is 0.0176. The number of rotatable bonds is 42. The van der Waals surface area contributed by atoms with Crippen LogP contribution in [0.5, 0.6) is 0 Å². The average molecular weight is 933 g/mol. The molecule has 2 rings (SSSR count). The van der Waals surface area contributed by atoms with Gasteiger partial charge in [-0.3, -0.25) is 4.79 Å². The zero-order valence-electron chi connectivity index (χ0n) is 40.7. The van der Waals surface area contributed by atoms with Crippen LogP contribution >= 0.6 is 0 Å². The van der Waals surface area contributed by atoms with Crippen LogP contribution in [-0.2, 0) is 33.2 Å². The van der Waals surface area contributed by atoms with Crippen LogP contribution in [0.25, 0.3) is 0 Å². The van der Waals surface area contributed by atoms with Crippen molar-refractivity contribution < 1.29 is 69.0 Å². The van der Waals surface area contributed by atoms with Gasteiger partial charge in [-0.25, -0.2) is 0 Å². The normalized spacial score (nSPS) is 26.5. The molecule has 0 aromatic heterocycles. The first-order chi connectivity index (χ1) is 31.6. The molecule has 2 aliphatic rings. The van der Waals surface area contributed by atoms with E-state index in [9.17, 15) is 40.5 Å². The minimum absolute atomic E-state index is 0.0658. The molecule has 0 saturated carbocycles. The van der Waals surface area contributed by atoms with Crippen LogP contribution in [-0.4, -0.2) is 142 Å². The molecule has 0 bridgehead atoms. The lowest BCUT2D eigenvalue weighted by molar-refractivity contribution is -0.332. The number of carbonyl (C=O) groups is 1. The highest BCUT2D eigenvalue weighted by Crippen LogP contribution is 2.26. The van der Waals surface area contributed by atoms with E-state index < -0.39 is 80.7 Å². The van der Waals surface area contributed by atoms with Gasteiger partial charge in [0, 0.05) is 13.0 Å². The molecule has 0 aromatic carbocycles. The standard InChI is InChI=1S/C51H96O14/c1-3-5-7-9-11-13-14-15-16-17-18-19-20-21-22-23-24-25-26-27-28-30-32-34-43(53)63-40(37-60-35-33-31-29-12-10-8-6-4-2)38-61-50-49(59)47(57)45(55)42(65-50)39-62-51-48(58)46(56)44(54)41(36-52)64-51/h17-18,40-42,44-52,54-59H,3-16,19-39H2,1-2H3/b18-17-. The van der Waals surface area contributed by atoms with Gasteiger partial charge in [0.15, 0.2) is 12.6 Å². The molecule has 11 atom stereocenters. The fourth-order valence-corrected chi connectivity index (χ4v) is 8.46. The molecule has 2 fully saturated rings. The summed E-state index contributed by atoms with van der Waals surface area (Å²) in [7, 11) is 0. The summed E-state index contributed by atoms with van der Waals surface area (Å²) in [6, 6.07) is 0. The van der Waals surface area contributed by atoms with Gasteiger partial charge in [0.25, 0.3) is 0 Å². The number of unbranched alkanes of at least 4 members (excludes halogenated alkanes) is 26. The van der Waals surface area contributed by atoms with Crippen LogP contribution in [0.4, 0.5) is 0 Å². The minimum Gasteiger partial charge on any atom is -0.457 e. The average Bonchev–Trinajstić information content (AvgIpc) is 3.30. The first-order valence-electron chi connectivity index (χ1n) is 26.3. The van der Waals surface area contributed by atoms with Crippen molar-refractivity contribution >= 4 is 5.97 Å². The largest absolute Gasteiger partial charge is 0.457 e. The number of carbonyl (C=O) groups excluding carboxylic acids is 1. The van der Waals surface area contributed by atoms with E-state index >= 15 is 0 Å². The molecule has 0 aliphatic carbocycles. The Balaban J connectivity index is 1.67. The number of ether oxygens (including phenoxy) is 6. The summed E-state index contributed by atoms with van der Waals surface area (Å²) in [6.45, 7) is 3.68. The van der Waals surface area contributed by atoms with Crippen molar-refractivity contribution in [3.8, 4) is 0 Å². The first-order valence-corrected chi connectivity index (χ1v) is 26.3. The molecule has 14 heteroatoms. The van der Waals surface area contributed by atoms with Crippen molar-refractivity contribution in [3.05, 3.63) is 12.2 Å². The molecule has 2 saturated heterocycles. The van der Waals surface area contributed by atoms with Crippen molar-refractivity contribution in [1.82, 2.24) is 0 Å². The van der Waals surface area contributed by atoms with Crippen molar-refractivity contribution in [3.63, 3.8) is 0 Å². The van der Waals surface area contributed by atoms with E-state index in [0.717, 1.165) is 38.5 Å². The number of hydrogen-bond acceptors (Lipinski definition) is 14. The molecule has 11 unspecified atom stereocenters. The Labute approximate surface area is 393 Å². The molecule has 0 radical (unpaired) electrons. The molecule has 2 aliphatic heterocycles. The van der Waals surface area contributed by atoms with E-state index in [1.54, 1.807) is 0 Å². The molecule has 14 nitrogen and oxygen atoms in total. The summed E-state index contributed by atoms with van der Waals surface area (Å²) in [5.74, 6) is -0.375. The van der Waals surface area contributed by atoms with Crippen molar-refractivity contribution in [2.45, 2.75) is 274 Å².